The number of hydrogen-bond acceptors (Lipinski definition) is 3. The molecule has 0 saturated carbocycles. The van der Waals surface area contributed by atoms with Crippen LogP contribution in [-0.4, -0.2) is 29.7 Å². The van der Waals surface area contributed by atoms with Crippen molar-refractivity contribution in [3.8, 4) is 0 Å². The summed E-state index contributed by atoms with van der Waals surface area (Å²) >= 11 is 0. The van der Waals surface area contributed by atoms with Gasteiger partial charge < -0.3 is 21.5 Å². The van der Waals surface area contributed by atoms with Crippen molar-refractivity contribution >= 4 is 12.0 Å². The van der Waals surface area contributed by atoms with Crippen LogP contribution in [0.25, 0.3) is 0 Å². The van der Waals surface area contributed by atoms with Gasteiger partial charge >= 0.3 is 12.0 Å². The Morgan fingerprint density at radius 3 is 2.89 bits per heavy atom. The summed E-state index contributed by atoms with van der Waals surface area (Å²) in [5.74, 6) is -1.13. The molecular formula is C13H17N3O3. The van der Waals surface area contributed by atoms with Gasteiger partial charge in [0.1, 0.15) is 6.04 Å². The molecule has 0 radical (unpaired) electrons. The van der Waals surface area contributed by atoms with Crippen molar-refractivity contribution < 1.29 is 14.7 Å². The molecule has 19 heavy (non-hydrogen) atoms. The van der Waals surface area contributed by atoms with Crippen LogP contribution < -0.4 is 16.4 Å². The predicted octanol–water partition coefficient (Wildman–Crippen LogP) is 0.385. The molecule has 0 aromatic heterocycles. The fourth-order valence-electron chi connectivity index (χ4n) is 2.21. The van der Waals surface area contributed by atoms with Crippen LogP contribution in [0.2, 0.25) is 0 Å². The Morgan fingerprint density at radius 2 is 2.16 bits per heavy atom. The monoisotopic (exact) mass is 263 g/mol. The highest BCUT2D eigenvalue weighted by Crippen LogP contribution is 2.30. The maximum atomic E-state index is 11.7. The zero-order chi connectivity index (χ0) is 13.8. The summed E-state index contributed by atoms with van der Waals surface area (Å²) < 4.78 is 0. The Bertz CT molecular complexity index is 490. The Morgan fingerprint density at radius 1 is 1.42 bits per heavy atom. The van der Waals surface area contributed by atoms with Crippen molar-refractivity contribution in [1.29, 1.82) is 0 Å². The number of urea groups is 1. The number of rotatable bonds is 4. The summed E-state index contributed by atoms with van der Waals surface area (Å²) in [4.78, 5) is 22.2. The fourth-order valence-corrected chi connectivity index (χ4v) is 2.21. The number of carboxylic acids is 1. The lowest BCUT2D eigenvalue weighted by Crippen LogP contribution is -2.46. The van der Waals surface area contributed by atoms with E-state index in [2.05, 4.69) is 16.7 Å². The molecule has 102 valence electrons. The molecule has 1 unspecified atom stereocenters. The molecule has 6 heteroatoms. The molecule has 2 amide bonds. The van der Waals surface area contributed by atoms with Gasteiger partial charge in [-0.3, -0.25) is 4.79 Å². The highest BCUT2D eigenvalue weighted by atomic mass is 16.4. The van der Waals surface area contributed by atoms with E-state index < -0.39 is 18.0 Å². The van der Waals surface area contributed by atoms with Crippen LogP contribution in [0.1, 0.15) is 23.6 Å². The lowest BCUT2D eigenvalue weighted by molar-refractivity contribution is -0.138. The fraction of sp³-hybridized carbons (Fsp3) is 0.385. The first-order valence-corrected chi connectivity index (χ1v) is 6.18. The van der Waals surface area contributed by atoms with E-state index in [0.717, 1.165) is 18.4 Å². The van der Waals surface area contributed by atoms with E-state index in [4.69, 9.17) is 10.8 Å². The van der Waals surface area contributed by atoms with E-state index in [-0.39, 0.29) is 12.6 Å². The van der Waals surface area contributed by atoms with Crippen molar-refractivity contribution in [3.63, 3.8) is 0 Å². The van der Waals surface area contributed by atoms with E-state index in [0.29, 0.717) is 0 Å². The zero-order valence-corrected chi connectivity index (χ0v) is 10.4. The second-order valence-corrected chi connectivity index (χ2v) is 4.59. The second-order valence-electron chi connectivity index (χ2n) is 4.59. The van der Waals surface area contributed by atoms with Gasteiger partial charge in [-0.15, -0.1) is 0 Å². The minimum Gasteiger partial charge on any atom is -0.480 e. The highest BCUT2D eigenvalue weighted by molar-refractivity contribution is 5.77. The molecule has 1 aliphatic rings. The second kappa shape index (κ2) is 5.71. The SMILES string of the molecule is N[C@@H](CNC(=O)NC1CCc2ccccc21)C(=O)O. The molecule has 1 aromatic rings. The lowest BCUT2D eigenvalue weighted by Gasteiger charge is -2.15. The van der Waals surface area contributed by atoms with Gasteiger partial charge in [0, 0.05) is 6.54 Å². The summed E-state index contributed by atoms with van der Waals surface area (Å²) in [7, 11) is 0. The van der Waals surface area contributed by atoms with Gasteiger partial charge in [-0.25, -0.2) is 4.79 Å². The van der Waals surface area contributed by atoms with Crippen LogP contribution in [0.4, 0.5) is 4.79 Å². The third kappa shape index (κ3) is 3.23. The number of aryl methyl sites for hydroxylation is 1. The molecule has 0 heterocycles. The minimum absolute atomic E-state index is 0.0164. The van der Waals surface area contributed by atoms with Crippen LogP contribution in [0.5, 0.6) is 0 Å². The van der Waals surface area contributed by atoms with Crippen LogP contribution in [0.15, 0.2) is 24.3 Å². The summed E-state index contributed by atoms with van der Waals surface area (Å²) in [5, 5.41) is 13.9. The maximum absolute atomic E-state index is 11.7. The number of nitrogens with two attached hydrogens (primary N) is 1. The molecule has 0 fully saturated rings. The number of benzene rings is 1. The molecule has 6 nitrogen and oxygen atoms in total. The largest absolute Gasteiger partial charge is 0.480 e. The molecule has 5 N–H and O–H groups in total. The molecule has 0 saturated heterocycles. The number of fused-ring (bicyclic) bond motifs is 1. The zero-order valence-electron chi connectivity index (χ0n) is 10.4. The smallest absolute Gasteiger partial charge is 0.322 e. The van der Waals surface area contributed by atoms with Gasteiger partial charge in [0.15, 0.2) is 0 Å². The first-order valence-electron chi connectivity index (χ1n) is 6.18. The third-order valence-corrected chi connectivity index (χ3v) is 3.24. The minimum atomic E-state index is -1.13. The van der Waals surface area contributed by atoms with E-state index in [1.165, 1.54) is 5.56 Å². The first kappa shape index (κ1) is 13.4. The summed E-state index contributed by atoms with van der Waals surface area (Å²) in [6.07, 6.45) is 1.80. The molecule has 0 aliphatic heterocycles. The van der Waals surface area contributed by atoms with Crippen molar-refractivity contribution in [2.75, 3.05) is 6.54 Å². The van der Waals surface area contributed by atoms with Gasteiger partial charge in [0.05, 0.1) is 6.04 Å². The van der Waals surface area contributed by atoms with Crippen molar-refractivity contribution in [2.45, 2.75) is 24.9 Å². The number of carbonyl (C=O) groups is 2. The molecule has 1 aliphatic carbocycles. The maximum Gasteiger partial charge on any atom is 0.322 e. The van der Waals surface area contributed by atoms with Crippen LogP contribution in [0.3, 0.4) is 0 Å². The average molecular weight is 263 g/mol. The van der Waals surface area contributed by atoms with Crippen molar-refractivity contribution in [3.05, 3.63) is 35.4 Å². The van der Waals surface area contributed by atoms with Gasteiger partial charge in [-0.2, -0.15) is 0 Å². The van der Waals surface area contributed by atoms with E-state index >= 15 is 0 Å². The number of aliphatic carboxylic acids is 1. The van der Waals surface area contributed by atoms with Gasteiger partial charge in [-0.05, 0) is 24.0 Å². The number of amides is 2. The van der Waals surface area contributed by atoms with Crippen molar-refractivity contribution in [2.24, 2.45) is 5.73 Å². The standard InChI is InChI=1S/C13H17N3O3/c14-10(12(17)18)7-15-13(19)16-11-6-5-8-3-1-2-4-9(8)11/h1-4,10-11H,5-7,14H2,(H,17,18)(H2,15,16,19)/t10-,11?/m0/s1. The average Bonchev–Trinajstić information content (AvgIpc) is 2.79. The number of hydrogen-bond donors (Lipinski definition) is 4. The van der Waals surface area contributed by atoms with Gasteiger partial charge in [-0.1, -0.05) is 24.3 Å². The number of nitrogens with one attached hydrogen (secondary N) is 2. The van der Waals surface area contributed by atoms with E-state index in [1.54, 1.807) is 0 Å². The van der Waals surface area contributed by atoms with Gasteiger partial charge in [0.2, 0.25) is 0 Å². The van der Waals surface area contributed by atoms with Crippen LogP contribution in [0, 0.1) is 0 Å². The summed E-state index contributed by atoms with van der Waals surface area (Å²) in [5.41, 5.74) is 7.68. The number of carbonyl (C=O) groups excluding carboxylic acids is 1. The Kier molecular flexibility index (Phi) is 4.01. The Labute approximate surface area is 111 Å². The molecular weight excluding hydrogens is 246 g/mol. The molecule has 0 bridgehead atoms. The predicted molar refractivity (Wildman–Crippen MR) is 69.6 cm³/mol. The first-order chi connectivity index (χ1) is 9.08. The molecule has 1 aromatic carbocycles. The van der Waals surface area contributed by atoms with E-state index in [9.17, 15) is 9.59 Å². The molecule has 2 atom stereocenters. The van der Waals surface area contributed by atoms with Gasteiger partial charge in [0.25, 0.3) is 0 Å². The van der Waals surface area contributed by atoms with Crippen LogP contribution >= 0.6 is 0 Å². The number of carboxylic acid groups (broad SMARTS) is 1. The molecule has 2 rings (SSSR count). The normalized spacial score (nSPS) is 18.5. The topological polar surface area (TPSA) is 104 Å². The Hall–Kier alpha value is -2.08. The quantitative estimate of drug-likeness (QED) is 0.630. The van der Waals surface area contributed by atoms with Crippen LogP contribution in [-0.2, 0) is 11.2 Å². The highest BCUT2D eigenvalue weighted by Gasteiger charge is 2.23. The summed E-state index contributed by atoms with van der Waals surface area (Å²) in [6, 6.07) is 6.48. The Balaban J connectivity index is 1.86. The lowest BCUT2D eigenvalue weighted by atomic mass is 10.1. The van der Waals surface area contributed by atoms with E-state index in [1.807, 2.05) is 18.2 Å². The summed E-state index contributed by atoms with van der Waals surface area (Å²) in [6.45, 7) is -0.0878. The van der Waals surface area contributed by atoms with Crippen molar-refractivity contribution in [1.82, 2.24) is 10.6 Å². The molecule has 0 spiro atoms. The third-order valence-electron chi connectivity index (χ3n) is 3.24.